The van der Waals surface area contributed by atoms with Gasteiger partial charge < -0.3 is 20.1 Å². The summed E-state index contributed by atoms with van der Waals surface area (Å²) in [7, 11) is 1.48. The van der Waals surface area contributed by atoms with E-state index in [9.17, 15) is 9.59 Å². The first-order valence-corrected chi connectivity index (χ1v) is 7.34. The molecule has 0 radical (unpaired) electrons. The van der Waals surface area contributed by atoms with Crippen molar-refractivity contribution >= 4 is 23.6 Å². The van der Waals surface area contributed by atoms with Gasteiger partial charge in [-0.25, -0.2) is 4.79 Å². The maximum atomic E-state index is 12.0. The second-order valence-electron chi connectivity index (χ2n) is 5.02. The molecule has 0 aromatic heterocycles. The fraction of sp³-hybridized carbons (Fsp3) is 0.467. The highest BCUT2D eigenvalue weighted by atomic mass is 35.5. The number of alkyl carbamates (subject to hydrolysis) is 1. The summed E-state index contributed by atoms with van der Waals surface area (Å²) >= 11 is 5.87. The molecular formula is C15H21ClN2O4. The molecule has 0 aliphatic rings. The van der Waals surface area contributed by atoms with Gasteiger partial charge in [0, 0.05) is 18.1 Å². The molecule has 6 nitrogen and oxygen atoms in total. The van der Waals surface area contributed by atoms with Gasteiger partial charge in [0.2, 0.25) is 0 Å². The molecule has 0 atom stereocenters. The topological polar surface area (TPSA) is 76.7 Å². The number of halogens is 1. The first-order valence-electron chi connectivity index (χ1n) is 6.96. The number of ether oxygens (including phenoxy) is 2. The van der Waals surface area contributed by atoms with E-state index in [4.69, 9.17) is 21.1 Å². The van der Waals surface area contributed by atoms with Gasteiger partial charge in [-0.3, -0.25) is 4.79 Å². The average molecular weight is 329 g/mol. The molecule has 0 saturated heterocycles. The summed E-state index contributed by atoms with van der Waals surface area (Å²) < 4.78 is 10.1. The Morgan fingerprint density at radius 1 is 1.23 bits per heavy atom. The van der Waals surface area contributed by atoms with Crippen LogP contribution in [-0.2, 0) is 4.74 Å². The lowest BCUT2D eigenvalue weighted by Gasteiger charge is -2.11. The third-order valence-corrected chi connectivity index (χ3v) is 2.87. The average Bonchev–Trinajstić information content (AvgIpc) is 2.49. The molecule has 7 heteroatoms. The van der Waals surface area contributed by atoms with E-state index in [1.54, 1.807) is 12.1 Å². The first-order chi connectivity index (χ1) is 10.4. The van der Waals surface area contributed by atoms with E-state index in [1.807, 2.05) is 13.8 Å². The molecule has 0 heterocycles. The molecule has 0 unspecified atom stereocenters. The minimum absolute atomic E-state index is 0.269. The third-order valence-electron chi connectivity index (χ3n) is 2.63. The quantitative estimate of drug-likeness (QED) is 0.754. The molecule has 0 spiro atoms. The van der Waals surface area contributed by atoms with Crippen molar-refractivity contribution in [3.8, 4) is 5.75 Å². The van der Waals surface area contributed by atoms with E-state index < -0.39 is 6.09 Å². The van der Waals surface area contributed by atoms with E-state index >= 15 is 0 Å². The van der Waals surface area contributed by atoms with Crippen LogP contribution in [0.1, 0.15) is 24.2 Å². The summed E-state index contributed by atoms with van der Waals surface area (Å²) in [6.07, 6.45) is -0.497. The van der Waals surface area contributed by atoms with E-state index in [0.29, 0.717) is 22.9 Å². The molecule has 2 amide bonds. The number of benzene rings is 1. The van der Waals surface area contributed by atoms with Gasteiger partial charge in [-0.05, 0) is 24.1 Å². The molecule has 2 N–H and O–H groups in total. The highest BCUT2D eigenvalue weighted by molar-refractivity contribution is 6.31. The number of carbonyl (C=O) groups is 2. The second-order valence-corrected chi connectivity index (χ2v) is 5.46. The molecule has 122 valence electrons. The predicted octanol–water partition coefficient (Wildman–Crippen LogP) is 2.46. The molecule has 22 heavy (non-hydrogen) atoms. The summed E-state index contributed by atoms with van der Waals surface area (Å²) in [5.74, 6) is 0.392. The van der Waals surface area contributed by atoms with Gasteiger partial charge in [0.1, 0.15) is 5.75 Å². The Hall–Kier alpha value is -1.95. The Bertz CT molecular complexity index is 520. The normalized spacial score (nSPS) is 10.2. The molecule has 0 fully saturated rings. The van der Waals surface area contributed by atoms with Crippen molar-refractivity contribution < 1.29 is 19.1 Å². The number of hydrogen-bond acceptors (Lipinski definition) is 4. The van der Waals surface area contributed by atoms with E-state index in [-0.39, 0.29) is 24.9 Å². The first kappa shape index (κ1) is 18.1. The monoisotopic (exact) mass is 328 g/mol. The van der Waals surface area contributed by atoms with Crippen LogP contribution in [0.15, 0.2) is 18.2 Å². The van der Waals surface area contributed by atoms with Gasteiger partial charge in [-0.1, -0.05) is 25.4 Å². The van der Waals surface area contributed by atoms with Gasteiger partial charge in [0.05, 0.1) is 19.3 Å². The third kappa shape index (κ3) is 6.22. The van der Waals surface area contributed by atoms with Crippen LogP contribution in [0.4, 0.5) is 4.79 Å². The summed E-state index contributed by atoms with van der Waals surface area (Å²) in [6.45, 7) is 4.80. The molecule has 0 aliphatic heterocycles. The molecule has 1 aromatic rings. The van der Waals surface area contributed by atoms with Crippen LogP contribution in [0.3, 0.4) is 0 Å². The number of carbonyl (C=O) groups excluding carboxylic acids is 2. The maximum Gasteiger partial charge on any atom is 0.407 e. The van der Waals surface area contributed by atoms with Gasteiger partial charge in [0.15, 0.2) is 0 Å². The van der Waals surface area contributed by atoms with Gasteiger partial charge in [-0.15, -0.1) is 0 Å². The van der Waals surface area contributed by atoms with Crippen molar-refractivity contribution in [2.24, 2.45) is 5.92 Å². The lowest BCUT2D eigenvalue weighted by Crippen LogP contribution is -2.35. The van der Waals surface area contributed by atoms with E-state index in [1.165, 1.54) is 13.2 Å². The Balaban J connectivity index is 2.38. The summed E-state index contributed by atoms with van der Waals surface area (Å²) in [5, 5.41) is 5.67. The minimum Gasteiger partial charge on any atom is -0.496 e. The number of hydrogen-bond donors (Lipinski definition) is 2. The van der Waals surface area contributed by atoms with Crippen LogP contribution >= 0.6 is 11.6 Å². The van der Waals surface area contributed by atoms with Crippen LogP contribution in [0.5, 0.6) is 5.75 Å². The van der Waals surface area contributed by atoms with Crippen LogP contribution in [0.25, 0.3) is 0 Å². The van der Waals surface area contributed by atoms with Crippen LogP contribution < -0.4 is 15.4 Å². The standard InChI is InChI=1S/C15H21ClN2O4/c1-10(2)9-22-15(20)18-7-6-17-14(19)12-8-11(16)4-5-13(12)21-3/h4-5,8,10H,6-7,9H2,1-3H3,(H,17,19)(H,18,20). The molecule has 1 aromatic carbocycles. The number of methoxy groups -OCH3 is 1. The Kier molecular flexibility index (Phi) is 7.52. The van der Waals surface area contributed by atoms with Crippen molar-refractivity contribution in [2.75, 3.05) is 26.8 Å². The largest absolute Gasteiger partial charge is 0.496 e. The van der Waals surface area contributed by atoms with E-state index in [2.05, 4.69) is 10.6 Å². The van der Waals surface area contributed by atoms with Crippen molar-refractivity contribution in [3.63, 3.8) is 0 Å². The highest BCUT2D eigenvalue weighted by Crippen LogP contribution is 2.22. The Labute approximate surface area is 135 Å². The van der Waals surface area contributed by atoms with Crippen LogP contribution in [-0.4, -0.2) is 38.8 Å². The number of rotatable bonds is 7. The fourth-order valence-corrected chi connectivity index (χ4v) is 1.76. The van der Waals surface area contributed by atoms with Crippen molar-refractivity contribution in [1.82, 2.24) is 10.6 Å². The van der Waals surface area contributed by atoms with E-state index in [0.717, 1.165) is 0 Å². The van der Waals surface area contributed by atoms with Crippen LogP contribution in [0.2, 0.25) is 5.02 Å². The van der Waals surface area contributed by atoms with Crippen molar-refractivity contribution in [1.29, 1.82) is 0 Å². The van der Waals surface area contributed by atoms with Crippen LogP contribution in [0, 0.1) is 5.92 Å². The number of amides is 2. The summed E-state index contributed by atoms with van der Waals surface area (Å²) in [4.78, 5) is 23.4. The lowest BCUT2D eigenvalue weighted by molar-refractivity contribution is 0.0948. The molecule has 1 rings (SSSR count). The lowest BCUT2D eigenvalue weighted by atomic mass is 10.2. The molecule has 0 saturated carbocycles. The highest BCUT2D eigenvalue weighted by Gasteiger charge is 2.12. The Morgan fingerprint density at radius 3 is 2.55 bits per heavy atom. The molecule has 0 aliphatic carbocycles. The van der Waals surface area contributed by atoms with Crippen molar-refractivity contribution in [3.05, 3.63) is 28.8 Å². The van der Waals surface area contributed by atoms with Gasteiger partial charge in [-0.2, -0.15) is 0 Å². The maximum absolute atomic E-state index is 12.0. The van der Waals surface area contributed by atoms with Gasteiger partial charge >= 0.3 is 6.09 Å². The fourth-order valence-electron chi connectivity index (χ4n) is 1.59. The summed E-state index contributed by atoms with van der Waals surface area (Å²) in [6, 6.07) is 4.79. The SMILES string of the molecule is COc1ccc(Cl)cc1C(=O)NCCNC(=O)OCC(C)C. The summed E-state index contributed by atoms with van der Waals surface area (Å²) in [5.41, 5.74) is 0.345. The number of nitrogens with one attached hydrogen (secondary N) is 2. The van der Waals surface area contributed by atoms with Crippen molar-refractivity contribution in [2.45, 2.75) is 13.8 Å². The molecule has 0 bridgehead atoms. The zero-order valence-electron chi connectivity index (χ0n) is 12.9. The molecular weight excluding hydrogens is 308 g/mol. The zero-order valence-corrected chi connectivity index (χ0v) is 13.7. The Morgan fingerprint density at radius 2 is 1.91 bits per heavy atom. The smallest absolute Gasteiger partial charge is 0.407 e. The van der Waals surface area contributed by atoms with Gasteiger partial charge in [0.25, 0.3) is 5.91 Å². The second kappa shape index (κ2) is 9.15. The predicted molar refractivity (Wildman–Crippen MR) is 84.5 cm³/mol. The zero-order chi connectivity index (χ0) is 16.5. The minimum atomic E-state index is -0.497.